The van der Waals surface area contributed by atoms with Gasteiger partial charge in [0.2, 0.25) is 0 Å². The Morgan fingerprint density at radius 3 is 2.64 bits per heavy atom. The molecule has 0 radical (unpaired) electrons. The summed E-state index contributed by atoms with van der Waals surface area (Å²) in [5.41, 5.74) is 1.98. The molecule has 3 heteroatoms. The highest BCUT2D eigenvalue weighted by atomic mass is 19.4. The molecule has 76 valence electrons. The monoisotopic (exact) mass is 200 g/mol. The highest BCUT2D eigenvalue weighted by Gasteiger charge is 2.35. The highest BCUT2D eigenvalue weighted by molar-refractivity contribution is 5.34. The largest absolute Gasteiger partial charge is 0.389 e. The van der Waals surface area contributed by atoms with E-state index < -0.39 is 12.6 Å². The molecule has 0 fully saturated rings. The van der Waals surface area contributed by atoms with Crippen LogP contribution in [0.4, 0.5) is 13.2 Å². The lowest BCUT2D eigenvalue weighted by Crippen LogP contribution is -2.12. The van der Waals surface area contributed by atoms with Crippen molar-refractivity contribution in [2.45, 2.75) is 31.4 Å². The quantitative estimate of drug-likeness (QED) is 0.648. The number of alkyl halides is 3. The third-order valence-electron chi connectivity index (χ3n) is 2.73. The molecule has 0 amide bonds. The Morgan fingerprint density at radius 1 is 1.21 bits per heavy atom. The van der Waals surface area contributed by atoms with Crippen LogP contribution in [0.3, 0.4) is 0 Å². The first-order chi connectivity index (χ1) is 6.56. The van der Waals surface area contributed by atoms with Gasteiger partial charge in [0, 0.05) is 0 Å². The second-order valence-electron chi connectivity index (χ2n) is 3.75. The summed E-state index contributed by atoms with van der Waals surface area (Å²) in [7, 11) is 0. The van der Waals surface area contributed by atoms with Gasteiger partial charge in [-0.15, -0.1) is 0 Å². The summed E-state index contributed by atoms with van der Waals surface area (Å²) >= 11 is 0. The second kappa shape index (κ2) is 3.30. The third kappa shape index (κ3) is 1.91. The van der Waals surface area contributed by atoms with Crippen molar-refractivity contribution in [2.24, 2.45) is 0 Å². The van der Waals surface area contributed by atoms with E-state index in [9.17, 15) is 13.2 Å². The summed E-state index contributed by atoms with van der Waals surface area (Å²) < 4.78 is 36.6. The Bertz CT molecular complexity index is 328. The van der Waals surface area contributed by atoms with Crippen molar-refractivity contribution in [3.63, 3.8) is 0 Å². The Labute approximate surface area is 80.7 Å². The third-order valence-corrected chi connectivity index (χ3v) is 2.73. The van der Waals surface area contributed by atoms with Crippen LogP contribution in [0.5, 0.6) is 0 Å². The van der Waals surface area contributed by atoms with Gasteiger partial charge in [0.05, 0.1) is 6.42 Å². The minimum absolute atomic E-state index is 0.314. The molecule has 1 aliphatic carbocycles. The first kappa shape index (κ1) is 9.56. The summed E-state index contributed by atoms with van der Waals surface area (Å²) in [6.45, 7) is 0. The van der Waals surface area contributed by atoms with Crippen molar-refractivity contribution in [1.82, 2.24) is 0 Å². The summed E-state index contributed by atoms with van der Waals surface area (Å²) in [4.78, 5) is 0. The van der Waals surface area contributed by atoms with E-state index in [1.54, 1.807) is 0 Å². The molecular formula is C11H11F3. The fourth-order valence-corrected chi connectivity index (χ4v) is 2.14. The molecule has 0 aliphatic heterocycles. The van der Waals surface area contributed by atoms with Crippen molar-refractivity contribution in [3.05, 3.63) is 35.4 Å². The molecule has 1 aliphatic rings. The normalized spacial score (nSPS) is 20.9. The van der Waals surface area contributed by atoms with Crippen LogP contribution in [0.2, 0.25) is 0 Å². The number of fused-ring (bicyclic) bond motifs is 1. The van der Waals surface area contributed by atoms with Gasteiger partial charge in [0.1, 0.15) is 0 Å². The van der Waals surface area contributed by atoms with Crippen LogP contribution in [0.1, 0.15) is 29.9 Å². The zero-order chi connectivity index (χ0) is 10.2. The molecule has 0 saturated carbocycles. The Hall–Kier alpha value is -0.990. The maximum Gasteiger partial charge on any atom is 0.389 e. The van der Waals surface area contributed by atoms with E-state index in [0.29, 0.717) is 6.42 Å². The lowest BCUT2D eigenvalue weighted by atomic mass is 9.98. The van der Waals surface area contributed by atoms with Crippen LogP contribution in [-0.2, 0) is 6.42 Å². The lowest BCUT2D eigenvalue weighted by molar-refractivity contribution is -0.138. The van der Waals surface area contributed by atoms with Gasteiger partial charge in [-0.1, -0.05) is 24.3 Å². The Balaban J connectivity index is 2.18. The summed E-state index contributed by atoms with van der Waals surface area (Å²) in [5, 5.41) is 0. The van der Waals surface area contributed by atoms with Crippen LogP contribution in [-0.4, -0.2) is 6.18 Å². The van der Waals surface area contributed by atoms with Crippen LogP contribution in [0.25, 0.3) is 0 Å². The number of rotatable bonds is 1. The molecule has 0 nitrogen and oxygen atoms in total. The molecule has 0 saturated heterocycles. The van der Waals surface area contributed by atoms with Crippen molar-refractivity contribution in [1.29, 1.82) is 0 Å². The molecule has 0 aromatic heterocycles. The first-order valence-electron chi connectivity index (χ1n) is 4.71. The number of hydrogen-bond donors (Lipinski definition) is 0. The minimum Gasteiger partial charge on any atom is -0.171 e. The van der Waals surface area contributed by atoms with Crippen LogP contribution in [0.15, 0.2) is 24.3 Å². The molecule has 1 atom stereocenters. The van der Waals surface area contributed by atoms with Crippen molar-refractivity contribution in [3.8, 4) is 0 Å². The smallest absolute Gasteiger partial charge is 0.171 e. The maximum atomic E-state index is 12.2. The van der Waals surface area contributed by atoms with Gasteiger partial charge in [-0.2, -0.15) is 13.2 Å². The van der Waals surface area contributed by atoms with Gasteiger partial charge in [0.15, 0.2) is 0 Å². The number of hydrogen-bond acceptors (Lipinski definition) is 0. The van der Waals surface area contributed by atoms with E-state index in [2.05, 4.69) is 0 Å². The molecule has 14 heavy (non-hydrogen) atoms. The molecule has 0 bridgehead atoms. The average Bonchev–Trinajstić information content (AvgIpc) is 2.47. The van der Waals surface area contributed by atoms with Crippen molar-refractivity contribution < 1.29 is 13.2 Å². The predicted molar refractivity (Wildman–Crippen MR) is 48.2 cm³/mol. The molecule has 0 N–H and O–H groups in total. The maximum absolute atomic E-state index is 12.2. The first-order valence-corrected chi connectivity index (χ1v) is 4.71. The van der Waals surface area contributed by atoms with Gasteiger partial charge in [0.25, 0.3) is 0 Å². The van der Waals surface area contributed by atoms with E-state index in [1.807, 2.05) is 24.3 Å². The van der Waals surface area contributed by atoms with E-state index >= 15 is 0 Å². The molecule has 2 rings (SSSR count). The van der Waals surface area contributed by atoms with Gasteiger partial charge < -0.3 is 0 Å². The fraction of sp³-hybridized carbons (Fsp3) is 0.455. The minimum atomic E-state index is -4.04. The van der Waals surface area contributed by atoms with E-state index in [-0.39, 0.29) is 5.92 Å². The highest BCUT2D eigenvalue weighted by Crippen LogP contribution is 2.40. The van der Waals surface area contributed by atoms with Crippen molar-refractivity contribution >= 4 is 0 Å². The molecule has 0 heterocycles. The molecule has 1 aromatic rings. The summed E-state index contributed by atoms with van der Waals surface area (Å²) in [5.74, 6) is -0.314. The van der Waals surface area contributed by atoms with Gasteiger partial charge in [-0.05, 0) is 29.9 Å². The van der Waals surface area contributed by atoms with E-state index in [1.165, 1.54) is 0 Å². The van der Waals surface area contributed by atoms with Crippen molar-refractivity contribution in [2.75, 3.05) is 0 Å². The second-order valence-corrected chi connectivity index (χ2v) is 3.75. The van der Waals surface area contributed by atoms with E-state index in [4.69, 9.17) is 0 Å². The zero-order valence-electron chi connectivity index (χ0n) is 7.64. The topological polar surface area (TPSA) is 0 Å². The Kier molecular flexibility index (Phi) is 2.25. The SMILES string of the molecule is FC(F)(F)CC1CCc2ccccc21. The number of benzene rings is 1. The van der Waals surface area contributed by atoms with Crippen LogP contribution < -0.4 is 0 Å². The number of aryl methyl sites for hydroxylation is 1. The van der Waals surface area contributed by atoms with Gasteiger partial charge >= 0.3 is 6.18 Å². The zero-order valence-corrected chi connectivity index (χ0v) is 7.64. The summed E-state index contributed by atoms with van der Waals surface area (Å²) in [6.07, 6.45) is -3.29. The number of halogens is 3. The van der Waals surface area contributed by atoms with E-state index in [0.717, 1.165) is 17.5 Å². The average molecular weight is 200 g/mol. The molecule has 0 spiro atoms. The summed E-state index contributed by atoms with van der Waals surface area (Å²) in [6, 6.07) is 7.44. The molecular weight excluding hydrogens is 189 g/mol. The fourth-order valence-electron chi connectivity index (χ4n) is 2.14. The molecule has 1 aromatic carbocycles. The Morgan fingerprint density at radius 2 is 1.93 bits per heavy atom. The molecule has 1 unspecified atom stereocenters. The van der Waals surface area contributed by atoms with Crippen LogP contribution in [0, 0.1) is 0 Å². The van der Waals surface area contributed by atoms with Gasteiger partial charge in [-0.3, -0.25) is 0 Å². The standard InChI is InChI=1S/C11H11F3/c12-11(13,14)7-9-6-5-8-3-1-2-4-10(8)9/h1-4,9H,5-7H2. The van der Waals surface area contributed by atoms with Crippen LogP contribution >= 0.6 is 0 Å². The lowest BCUT2D eigenvalue weighted by Gasteiger charge is -2.13. The van der Waals surface area contributed by atoms with Gasteiger partial charge in [-0.25, -0.2) is 0 Å². The predicted octanol–water partition coefficient (Wildman–Crippen LogP) is 3.67.